The Balaban J connectivity index is 2.88. The number of nitrogens with zero attached hydrogens (tertiary/aromatic N) is 1. The van der Waals surface area contributed by atoms with Gasteiger partial charge < -0.3 is 15.2 Å². The van der Waals surface area contributed by atoms with Crippen LogP contribution in [0, 0.1) is 10.1 Å². The van der Waals surface area contributed by atoms with Crippen molar-refractivity contribution < 1.29 is 19.2 Å². The van der Waals surface area contributed by atoms with E-state index in [0.29, 0.717) is 5.56 Å². The number of hydrogen-bond acceptors (Lipinski definition) is 6. The second kappa shape index (κ2) is 6.69. The first-order chi connectivity index (χ1) is 8.99. The molecular weight excluding hydrogens is 252 g/mol. The molecule has 7 nitrogen and oxygen atoms in total. The van der Waals surface area contributed by atoms with Gasteiger partial charge in [-0.2, -0.15) is 0 Å². The van der Waals surface area contributed by atoms with E-state index in [1.54, 1.807) is 13.0 Å². The summed E-state index contributed by atoms with van der Waals surface area (Å²) in [6.07, 6.45) is 0.170. The predicted molar refractivity (Wildman–Crippen MR) is 68.0 cm³/mol. The quantitative estimate of drug-likeness (QED) is 0.469. The molecule has 2 N–H and O–H groups in total. The van der Waals surface area contributed by atoms with E-state index in [2.05, 4.69) is 0 Å². The zero-order valence-corrected chi connectivity index (χ0v) is 10.8. The van der Waals surface area contributed by atoms with Gasteiger partial charge in [0.25, 0.3) is 0 Å². The first-order valence-corrected chi connectivity index (χ1v) is 5.73. The summed E-state index contributed by atoms with van der Waals surface area (Å²) in [6.45, 7) is 1.93. The van der Waals surface area contributed by atoms with E-state index in [1.165, 1.54) is 19.2 Å². The first-order valence-electron chi connectivity index (χ1n) is 5.73. The maximum Gasteiger partial charge on any atom is 0.323 e. The van der Waals surface area contributed by atoms with Crippen LogP contribution in [0.3, 0.4) is 0 Å². The molecule has 0 fully saturated rings. The van der Waals surface area contributed by atoms with Crippen LogP contribution in [0.5, 0.6) is 5.75 Å². The topological polar surface area (TPSA) is 105 Å². The van der Waals surface area contributed by atoms with Crippen LogP contribution in [-0.4, -0.2) is 30.7 Å². The van der Waals surface area contributed by atoms with Gasteiger partial charge >= 0.3 is 11.7 Å². The fraction of sp³-hybridized carbons (Fsp3) is 0.417. The molecule has 7 heteroatoms. The lowest BCUT2D eigenvalue weighted by Gasteiger charge is -2.11. The number of carbonyl (C=O) groups is 1. The van der Waals surface area contributed by atoms with Gasteiger partial charge in [-0.05, 0) is 25.0 Å². The summed E-state index contributed by atoms with van der Waals surface area (Å²) < 4.78 is 9.66. The van der Waals surface area contributed by atoms with Crippen molar-refractivity contribution in [2.24, 2.45) is 5.73 Å². The van der Waals surface area contributed by atoms with Gasteiger partial charge in [0.2, 0.25) is 0 Å². The monoisotopic (exact) mass is 268 g/mol. The molecule has 1 aromatic rings. The summed E-state index contributed by atoms with van der Waals surface area (Å²) >= 11 is 0. The Labute approximate surface area is 110 Å². The average molecular weight is 268 g/mol. The van der Waals surface area contributed by atoms with Gasteiger partial charge in [-0.25, -0.2) is 0 Å². The summed E-state index contributed by atoms with van der Waals surface area (Å²) in [6, 6.07) is 3.61. The van der Waals surface area contributed by atoms with Crippen molar-refractivity contribution in [3.63, 3.8) is 0 Å². The minimum atomic E-state index is -0.840. The van der Waals surface area contributed by atoms with E-state index in [4.69, 9.17) is 15.2 Å². The zero-order valence-electron chi connectivity index (χ0n) is 10.8. The molecule has 1 aromatic carbocycles. The highest BCUT2D eigenvalue weighted by Crippen LogP contribution is 2.27. The number of nitro groups is 1. The van der Waals surface area contributed by atoms with Crippen LogP contribution in [0.1, 0.15) is 12.5 Å². The second-order valence-electron chi connectivity index (χ2n) is 3.83. The Morgan fingerprint density at radius 1 is 1.53 bits per heavy atom. The molecule has 0 heterocycles. The minimum Gasteiger partial charge on any atom is -0.490 e. The highest BCUT2D eigenvalue weighted by molar-refractivity contribution is 5.76. The van der Waals surface area contributed by atoms with Crippen LogP contribution in [0.2, 0.25) is 0 Å². The molecule has 19 heavy (non-hydrogen) atoms. The molecular formula is C12H16N2O5. The molecule has 0 spiro atoms. The largest absolute Gasteiger partial charge is 0.490 e. The molecule has 1 atom stereocenters. The predicted octanol–water partition coefficient (Wildman–Crippen LogP) is 1.04. The van der Waals surface area contributed by atoms with Gasteiger partial charge in [0.15, 0.2) is 5.75 Å². The molecule has 0 aliphatic carbocycles. The maximum atomic E-state index is 11.4. The third-order valence-corrected chi connectivity index (χ3v) is 2.48. The minimum absolute atomic E-state index is 0.156. The summed E-state index contributed by atoms with van der Waals surface area (Å²) in [5, 5.41) is 10.9. The van der Waals surface area contributed by atoms with Gasteiger partial charge in [0, 0.05) is 6.07 Å². The summed E-state index contributed by atoms with van der Waals surface area (Å²) in [5.41, 5.74) is 6.08. The molecule has 0 aromatic heterocycles. The lowest BCUT2D eigenvalue weighted by molar-refractivity contribution is -0.385. The molecule has 0 aliphatic rings. The first kappa shape index (κ1) is 14.9. The highest BCUT2D eigenvalue weighted by atomic mass is 16.6. The Hall–Kier alpha value is -2.15. The van der Waals surface area contributed by atoms with Crippen LogP contribution in [0.25, 0.3) is 0 Å². The number of benzene rings is 1. The SMILES string of the molecule is CCOC(=O)[C@@H](N)Cc1ccc(OC)c([N+](=O)[O-])c1. The van der Waals surface area contributed by atoms with Crippen LogP contribution < -0.4 is 10.5 Å². The number of nitrogens with two attached hydrogens (primary N) is 1. The average Bonchev–Trinajstić information content (AvgIpc) is 2.38. The molecule has 0 saturated carbocycles. The van der Waals surface area contributed by atoms with Crippen LogP contribution in [0.4, 0.5) is 5.69 Å². The van der Waals surface area contributed by atoms with Crippen molar-refractivity contribution in [1.82, 2.24) is 0 Å². The maximum absolute atomic E-state index is 11.4. The molecule has 104 valence electrons. The number of nitro benzene ring substituents is 1. The fourth-order valence-electron chi connectivity index (χ4n) is 1.59. The summed E-state index contributed by atoms with van der Waals surface area (Å²) in [4.78, 5) is 21.7. The van der Waals surface area contributed by atoms with Gasteiger partial charge in [-0.15, -0.1) is 0 Å². The van der Waals surface area contributed by atoms with Gasteiger partial charge in [0.05, 0.1) is 18.6 Å². The van der Waals surface area contributed by atoms with Crippen molar-refractivity contribution in [3.05, 3.63) is 33.9 Å². The van der Waals surface area contributed by atoms with E-state index in [1.807, 2.05) is 0 Å². The van der Waals surface area contributed by atoms with E-state index in [0.717, 1.165) is 0 Å². The Bertz CT molecular complexity index is 475. The third kappa shape index (κ3) is 3.92. The number of methoxy groups -OCH3 is 1. The molecule has 0 amide bonds. The fourth-order valence-corrected chi connectivity index (χ4v) is 1.59. The van der Waals surface area contributed by atoms with Crippen molar-refractivity contribution in [2.45, 2.75) is 19.4 Å². The Kier molecular flexibility index (Phi) is 5.25. The Morgan fingerprint density at radius 3 is 2.74 bits per heavy atom. The number of ether oxygens (including phenoxy) is 2. The van der Waals surface area contributed by atoms with Crippen molar-refractivity contribution in [1.29, 1.82) is 0 Å². The van der Waals surface area contributed by atoms with Crippen LogP contribution in [-0.2, 0) is 16.0 Å². The van der Waals surface area contributed by atoms with E-state index >= 15 is 0 Å². The zero-order chi connectivity index (χ0) is 14.4. The molecule has 0 bridgehead atoms. The van der Waals surface area contributed by atoms with E-state index in [9.17, 15) is 14.9 Å². The molecule has 0 saturated heterocycles. The summed E-state index contributed by atoms with van der Waals surface area (Å²) in [5.74, 6) is -0.362. The molecule has 0 radical (unpaired) electrons. The highest BCUT2D eigenvalue weighted by Gasteiger charge is 2.19. The van der Waals surface area contributed by atoms with Gasteiger partial charge in [-0.1, -0.05) is 6.07 Å². The van der Waals surface area contributed by atoms with E-state index < -0.39 is 16.9 Å². The van der Waals surface area contributed by atoms with Crippen molar-refractivity contribution in [2.75, 3.05) is 13.7 Å². The smallest absolute Gasteiger partial charge is 0.323 e. The normalized spacial score (nSPS) is 11.7. The lowest BCUT2D eigenvalue weighted by Crippen LogP contribution is -2.34. The van der Waals surface area contributed by atoms with Crippen molar-refractivity contribution >= 4 is 11.7 Å². The number of esters is 1. The van der Waals surface area contributed by atoms with E-state index in [-0.39, 0.29) is 24.5 Å². The standard InChI is InChI=1S/C12H16N2O5/c1-3-19-12(15)9(13)6-8-4-5-11(18-2)10(7-8)14(16)17/h4-5,7,9H,3,6,13H2,1-2H3/t9-/m0/s1. The number of carbonyl (C=O) groups excluding carboxylic acids is 1. The molecule has 0 aliphatic heterocycles. The lowest BCUT2D eigenvalue weighted by atomic mass is 10.1. The number of hydrogen-bond donors (Lipinski definition) is 1. The molecule has 1 rings (SSSR count). The summed E-state index contributed by atoms with van der Waals surface area (Å²) in [7, 11) is 1.35. The van der Waals surface area contributed by atoms with Crippen molar-refractivity contribution in [3.8, 4) is 5.75 Å². The number of rotatable bonds is 6. The van der Waals surface area contributed by atoms with Gasteiger partial charge in [0.1, 0.15) is 6.04 Å². The van der Waals surface area contributed by atoms with Crippen LogP contribution >= 0.6 is 0 Å². The van der Waals surface area contributed by atoms with Gasteiger partial charge in [-0.3, -0.25) is 14.9 Å². The Morgan fingerprint density at radius 2 is 2.21 bits per heavy atom. The third-order valence-electron chi connectivity index (χ3n) is 2.48. The second-order valence-corrected chi connectivity index (χ2v) is 3.83. The van der Waals surface area contributed by atoms with Crippen LogP contribution in [0.15, 0.2) is 18.2 Å². The molecule has 0 unspecified atom stereocenters.